The number of pyridine rings is 1. The summed E-state index contributed by atoms with van der Waals surface area (Å²) in [4.78, 5) is 7.17. The van der Waals surface area contributed by atoms with E-state index in [1.54, 1.807) is 7.11 Å². The van der Waals surface area contributed by atoms with E-state index in [2.05, 4.69) is 57.7 Å². The third kappa shape index (κ3) is 5.38. The Morgan fingerprint density at radius 1 is 1.03 bits per heavy atom. The minimum Gasteiger partial charge on any atom is -0.494 e. The summed E-state index contributed by atoms with van der Waals surface area (Å²) in [6.07, 6.45) is 8.06. The second-order valence-electron chi connectivity index (χ2n) is 8.27. The van der Waals surface area contributed by atoms with Crippen LogP contribution in [0.1, 0.15) is 36.8 Å². The molecule has 1 N–H and O–H groups in total. The van der Waals surface area contributed by atoms with Gasteiger partial charge in [0.2, 0.25) is 0 Å². The summed E-state index contributed by atoms with van der Waals surface area (Å²) in [5, 5.41) is 5.00. The van der Waals surface area contributed by atoms with Gasteiger partial charge in [0.15, 0.2) is 0 Å². The summed E-state index contributed by atoms with van der Waals surface area (Å²) < 4.78 is 5.48. The van der Waals surface area contributed by atoms with Gasteiger partial charge in [0, 0.05) is 24.2 Å². The molecule has 1 aliphatic rings. The van der Waals surface area contributed by atoms with Gasteiger partial charge in [-0.2, -0.15) is 0 Å². The van der Waals surface area contributed by atoms with Gasteiger partial charge in [-0.3, -0.25) is 4.98 Å². The van der Waals surface area contributed by atoms with Crippen molar-refractivity contribution in [1.29, 1.82) is 0 Å². The maximum absolute atomic E-state index is 5.48. The fraction of sp³-hybridized carbons (Fsp3) is 0.423. The van der Waals surface area contributed by atoms with Gasteiger partial charge >= 0.3 is 0 Å². The molecule has 30 heavy (non-hydrogen) atoms. The number of hydrogen-bond donors (Lipinski definition) is 1. The van der Waals surface area contributed by atoms with Crippen LogP contribution in [0.15, 0.2) is 60.8 Å². The maximum Gasteiger partial charge on any atom is 0.145 e. The summed E-state index contributed by atoms with van der Waals surface area (Å²) in [7, 11) is 1.71. The maximum atomic E-state index is 5.48. The molecular formula is C26H33N3O. The normalized spacial score (nSPS) is 17.7. The fourth-order valence-corrected chi connectivity index (χ4v) is 4.51. The van der Waals surface area contributed by atoms with Crippen molar-refractivity contribution in [2.75, 3.05) is 26.7 Å². The summed E-state index contributed by atoms with van der Waals surface area (Å²) in [6, 6.07) is 19.7. The van der Waals surface area contributed by atoms with E-state index >= 15 is 0 Å². The SMILES string of the molecule is COc1cccc2c(CNC3CCCN(CCCc4ccccc4)CC3)ccnc12. The molecule has 2 heterocycles. The van der Waals surface area contributed by atoms with Crippen molar-refractivity contribution in [3.8, 4) is 5.75 Å². The smallest absolute Gasteiger partial charge is 0.145 e. The van der Waals surface area contributed by atoms with Crippen molar-refractivity contribution < 1.29 is 4.74 Å². The van der Waals surface area contributed by atoms with E-state index in [9.17, 15) is 0 Å². The number of likely N-dealkylation sites (tertiary alicyclic amines) is 1. The van der Waals surface area contributed by atoms with Crippen LogP contribution in [-0.2, 0) is 13.0 Å². The predicted octanol–water partition coefficient (Wildman–Crippen LogP) is 4.82. The zero-order valence-corrected chi connectivity index (χ0v) is 18.0. The Bertz CT molecular complexity index is 928. The summed E-state index contributed by atoms with van der Waals surface area (Å²) >= 11 is 0. The lowest BCUT2D eigenvalue weighted by molar-refractivity contribution is 0.278. The molecule has 158 valence electrons. The highest BCUT2D eigenvalue weighted by atomic mass is 16.5. The molecule has 0 aliphatic carbocycles. The van der Waals surface area contributed by atoms with Gasteiger partial charge in [-0.15, -0.1) is 0 Å². The molecule has 1 atom stereocenters. The Hall–Kier alpha value is -2.43. The third-order valence-electron chi connectivity index (χ3n) is 6.23. The molecule has 1 unspecified atom stereocenters. The van der Waals surface area contributed by atoms with E-state index in [0.29, 0.717) is 6.04 Å². The number of aryl methyl sites for hydroxylation is 1. The minimum absolute atomic E-state index is 0.581. The van der Waals surface area contributed by atoms with Crippen LogP contribution in [0, 0.1) is 0 Å². The zero-order valence-electron chi connectivity index (χ0n) is 18.0. The number of para-hydroxylation sites is 1. The van der Waals surface area contributed by atoms with Crippen LogP contribution < -0.4 is 10.1 Å². The van der Waals surface area contributed by atoms with Gasteiger partial charge < -0.3 is 15.0 Å². The van der Waals surface area contributed by atoms with Crippen molar-refractivity contribution in [3.05, 3.63) is 71.9 Å². The molecular weight excluding hydrogens is 370 g/mol. The van der Waals surface area contributed by atoms with Gasteiger partial charge in [-0.1, -0.05) is 42.5 Å². The largest absolute Gasteiger partial charge is 0.494 e. The highest BCUT2D eigenvalue weighted by Crippen LogP contribution is 2.26. The highest BCUT2D eigenvalue weighted by molar-refractivity contribution is 5.87. The fourth-order valence-electron chi connectivity index (χ4n) is 4.51. The second kappa shape index (κ2) is 10.6. The average Bonchev–Trinajstić information content (AvgIpc) is 3.03. The van der Waals surface area contributed by atoms with Crippen molar-refractivity contribution in [2.24, 2.45) is 0 Å². The lowest BCUT2D eigenvalue weighted by Gasteiger charge is -2.20. The number of aromatic nitrogens is 1. The Morgan fingerprint density at radius 2 is 1.93 bits per heavy atom. The monoisotopic (exact) mass is 403 g/mol. The lowest BCUT2D eigenvalue weighted by Crippen LogP contribution is -2.31. The van der Waals surface area contributed by atoms with Crippen molar-refractivity contribution >= 4 is 10.9 Å². The number of nitrogens with one attached hydrogen (secondary N) is 1. The number of nitrogens with zero attached hydrogens (tertiary/aromatic N) is 2. The molecule has 2 aromatic carbocycles. The Morgan fingerprint density at radius 3 is 2.80 bits per heavy atom. The summed E-state index contributed by atoms with van der Waals surface area (Å²) in [5.41, 5.74) is 3.70. The van der Waals surface area contributed by atoms with E-state index in [1.807, 2.05) is 18.3 Å². The van der Waals surface area contributed by atoms with Crippen molar-refractivity contribution in [3.63, 3.8) is 0 Å². The molecule has 3 aromatic rings. The molecule has 0 spiro atoms. The molecule has 4 nitrogen and oxygen atoms in total. The zero-order chi connectivity index (χ0) is 20.6. The van der Waals surface area contributed by atoms with Crippen molar-refractivity contribution in [1.82, 2.24) is 15.2 Å². The Kier molecular flexibility index (Phi) is 7.33. The first kappa shape index (κ1) is 20.8. The molecule has 1 aliphatic heterocycles. The summed E-state index contributed by atoms with van der Waals surface area (Å²) in [5.74, 6) is 0.843. The first-order valence-electron chi connectivity index (χ1n) is 11.2. The quantitative estimate of drug-likeness (QED) is 0.585. The first-order chi connectivity index (χ1) is 14.8. The molecule has 4 rings (SSSR count). The molecule has 4 heteroatoms. The number of benzene rings is 2. The number of hydrogen-bond acceptors (Lipinski definition) is 4. The molecule has 0 saturated carbocycles. The van der Waals surface area contributed by atoms with Crippen LogP contribution in [0.25, 0.3) is 10.9 Å². The van der Waals surface area contributed by atoms with Crippen LogP contribution >= 0.6 is 0 Å². The van der Waals surface area contributed by atoms with E-state index in [1.165, 1.54) is 68.3 Å². The summed E-state index contributed by atoms with van der Waals surface area (Å²) in [6.45, 7) is 4.50. The third-order valence-corrected chi connectivity index (χ3v) is 6.23. The Labute approximate surface area is 180 Å². The van der Waals surface area contributed by atoms with Crippen LogP contribution in [0.2, 0.25) is 0 Å². The van der Waals surface area contributed by atoms with Crippen molar-refractivity contribution in [2.45, 2.75) is 44.7 Å². The highest BCUT2D eigenvalue weighted by Gasteiger charge is 2.17. The van der Waals surface area contributed by atoms with E-state index < -0.39 is 0 Å². The van der Waals surface area contributed by atoms with Crippen LogP contribution in [0.3, 0.4) is 0 Å². The van der Waals surface area contributed by atoms with Crippen LogP contribution in [0.5, 0.6) is 5.75 Å². The van der Waals surface area contributed by atoms with E-state index in [4.69, 9.17) is 4.74 Å². The van der Waals surface area contributed by atoms with Crippen LogP contribution in [0.4, 0.5) is 0 Å². The van der Waals surface area contributed by atoms with Crippen LogP contribution in [-0.4, -0.2) is 42.7 Å². The van der Waals surface area contributed by atoms with Gasteiger partial charge in [0.1, 0.15) is 11.3 Å². The minimum atomic E-state index is 0.581. The lowest BCUT2D eigenvalue weighted by atomic mass is 10.1. The van der Waals surface area contributed by atoms with Gasteiger partial charge in [-0.05, 0) is 75.0 Å². The first-order valence-corrected chi connectivity index (χ1v) is 11.2. The number of ether oxygens (including phenoxy) is 1. The van der Waals surface area contributed by atoms with Gasteiger partial charge in [-0.25, -0.2) is 0 Å². The average molecular weight is 404 g/mol. The number of rotatable bonds is 8. The topological polar surface area (TPSA) is 37.4 Å². The molecule has 1 fully saturated rings. The van der Waals surface area contributed by atoms with E-state index in [-0.39, 0.29) is 0 Å². The van der Waals surface area contributed by atoms with Gasteiger partial charge in [0.05, 0.1) is 7.11 Å². The number of methoxy groups -OCH3 is 1. The molecule has 0 amide bonds. The predicted molar refractivity (Wildman–Crippen MR) is 124 cm³/mol. The molecule has 1 aromatic heterocycles. The Balaban J connectivity index is 1.27. The molecule has 0 bridgehead atoms. The standard InChI is InChI=1S/C26H33N3O/c1-30-25-13-5-12-24-22(14-16-27-26(24)25)20-28-23-11-7-18-29(19-15-23)17-6-10-21-8-3-2-4-9-21/h2-5,8-9,12-14,16,23,28H,6-7,10-11,15,17-20H2,1H3. The molecule has 0 radical (unpaired) electrons. The van der Waals surface area contributed by atoms with Gasteiger partial charge in [0.25, 0.3) is 0 Å². The second-order valence-corrected chi connectivity index (χ2v) is 8.27. The number of fused-ring (bicyclic) bond motifs is 1. The molecule has 1 saturated heterocycles. The van der Waals surface area contributed by atoms with E-state index in [0.717, 1.165) is 17.8 Å².